The first-order chi connectivity index (χ1) is 14.4. The van der Waals surface area contributed by atoms with Gasteiger partial charge < -0.3 is 19.8 Å². The lowest BCUT2D eigenvalue weighted by Crippen LogP contribution is -2.56. The number of aromatic amines is 1. The highest BCUT2D eigenvalue weighted by Gasteiger charge is 2.37. The van der Waals surface area contributed by atoms with Crippen molar-refractivity contribution in [2.45, 2.75) is 43.7 Å². The summed E-state index contributed by atoms with van der Waals surface area (Å²) in [5.41, 5.74) is 3.81. The molecule has 154 valence electrons. The average molecular weight is 395 g/mol. The molecule has 6 rings (SSSR count). The second-order valence-electron chi connectivity index (χ2n) is 8.59. The molecule has 2 fully saturated rings. The largest absolute Gasteiger partial charge is 0.496 e. The summed E-state index contributed by atoms with van der Waals surface area (Å²) in [6.45, 7) is 4.21. The third-order valence-corrected chi connectivity index (χ3v) is 6.70. The monoisotopic (exact) mass is 394 g/mol. The SMILES string of the molecule is C1=CC2=C(CC1)OC[C@H](N1CCOCC1)[C@H]2Nc1nccc2[nH]c(C3CC3)cc12.[HH]. The Morgan fingerprint density at radius 3 is 3.00 bits per heavy atom. The number of nitrogens with one attached hydrogen (secondary N) is 2. The van der Waals surface area contributed by atoms with Crippen molar-refractivity contribution in [3.8, 4) is 0 Å². The lowest BCUT2D eigenvalue weighted by Gasteiger charge is -2.43. The fraction of sp³-hybridized carbons (Fsp3) is 0.522. The van der Waals surface area contributed by atoms with E-state index in [1.165, 1.54) is 35.0 Å². The number of hydrogen-bond acceptors (Lipinski definition) is 5. The van der Waals surface area contributed by atoms with Gasteiger partial charge in [0.05, 0.1) is 30.8 Å². The average Bonchev–Trinajstić information content (AvgIpc) is 3.53. The number of allylic oxidation sites excluding steroid dienone is 2. The van der Waals surface area contributed by atoms with Gasteiger partial charge in [-0.25, -0.2) is 4.98 Å². The van der Waals surface area contributed by atoms with Gasteiger partial charge in [-0.05, 0) is 37.3 Å². The number of aromatic nitrogens is 2. The molecule has 0 amide bonds. The molecule has 1 saturated carbocycles. The van der Waals surface area contributed by atoms with E-state index in [9.17, 15) is 0 Å². The molecule has 6 nitrogen and oxygen atoms in total. The molecule has 1 saturated heterocycles. The smallest absolute Gasteiger partial charge is 0.135 e. The maximum Gasteiger partial charge on any atom is 0.135 e. The molecule has 2 aliphatic heterocycles. The van der Waals surface area contributed by atoms with Crippen LogP contribution in [-0.2, 0) is 9.47 Å². The summed E-state index contributed by atoms with van der Waals surface area (Å²) in [6.07, 6.45) is 11.1. The number of ether oxygens (including phenoxy) is 2. The molecular formula is C23H30N4O2. The molecular weight excluding hydrogens is 364 g/mol. The Morgan fingerprint density at radius 2 is 2.14 bits per heavy atom. The van der Waals surface area contributed by atoms with E-state index in [4.69, 9.17) is 14.5 Å². The highest BCUT2D eigenvalue weighted by molar-refractivity contribution is 5.90. The summed E-state index contributed by atoms with van der Waals surface area (Å²) in [5, 5.41) is 5.04. The normalized spacial score (nSPS) is 27.7. The van der Waals surface area contributed by atoms with Crippen molar-refractivity contribution < 1.29 is 10.9 Å². The second-order valence-corrected chi connectivity index (χ2v) is 8.59. The van der Waals surface area contributed by atoms with E-state index in [-0.39, 0.29) is 13.5 Å². The van der Waals surface area contributed by atoms with Crippen molar-refractivity contribution in [1.82, 2.24) is 14.9 Å². The topological polar surface area (TPSA) is 62.4 Å². The highest BCUT2D eigenvalue weighted by atomic mass is 16.5. The minimum absolute atomic E-state index is 0. The fourth-order valence-electron chi connectivity index (χ4n) is 4.94. The number of anilines is 1. The van der Waals surface area contributed by atoms with Crippen molar-refractivity contribution in [2.24, 2.45) is 0 Å². The number of fused-ring (bicyclic) bond motifs is 1. The maximum absolute atomic E-state index is 6.23. The van der Waals surface area contributed by atoms with Crippen LogP contribution in [0.1, 0.15) is 38.7 Å². The zero-order chi connectivity index (χ0) is 19.2. The summed E-state index contributed by atoms with van der Waals surface area (Å²) in [7, 11) is 0. The van der Waals surface area contributed by atoms with E-state index in [2.05, 4.69) is 39.5 Å². The lowest BCUT2D eigenvalue weighted by molar-refractivity contribution is -0.0107. The number of pyridine rings is 1. The first-order valence-corrected chi connectivity index (χ1v) is 10.9. The van der Waals surface area contributed by atoms with Crippen LogP contribution in [-0.4, -0.2) is 59.9 Å². The van der Waals surface area contributed by atoms with Crippen LogP contribution in [0, 0.1) is 0 Å². The number of H-pyrrole nitrogens is 1. The van der Waals surface area contributed by atoms with Crippen LogP contribution in [0.25, 0.3) is 10.9 Å². The predicted molar refractivity (Wildman–Crippen MR) is 115 cm³/mol. The molecule has 29 heavy (non-hydrogen) atoms. The standard InChI is InChI=1S/C23H28N4O2.H2/c1-2-4-21-16(3-1)22(20(14-29-21)27-9-11-28-12-10-27)26-23-17-13-19(15-5-6-15)25-18(17)7-8-24-23;/h1,3,7-8,13,15,20,22,25H,2,4-6,9-12,14H2,(H,24,26);1H/t20-,22-;/m0./s1. The summed E-state index contributed by atoms with van der Waals surface area (Å²) in [5.74, 6) is 2.83. The Hall–Kier alpha value is -2.31. The van der Waals surface area contributed by atoms with Crippen LogP contribution >= 0.6 is 0 Å². The molecule has 0 bridgehead atoms. The predicted octanol–water partition coefficient (Wildman–Crippen LogP) is 3.80. The van der Waals surface area contributed by atoms with Gasteiger partial charge in [-0.1, -0.05) is 12.2 Å². The first kappa shape index (κ1) is 17.5. The molecule has 2 N–H and O–H groups in total. The fourth-order valence-corrected chi connectivity index (χ4v) is 4.94. The van der Waals surface area contributed by atoms with Gasteiger partial charge in [0.25, 0.3) is 0 Å². The molecule has 0 radical (unpaired) electrons. The molecule has 2 atom stereocenters. The Bertz CT molecular complexity index is 975. The van der Waals surface area contributed by atoms with Crippen LogP contribution in [0.15, 0.2) is 41.8 Å². The van der Waals surface area contributed by atoms with Gasteiger partial charge >= 0.3 is 0 Å². The Balaban J connectivity index is 0.00000193. The van der Waals surface area contributed by atoms with Crippen molar-refractivity contribution >= 4 is 16.7 Å². The van der Waals surface area contributed by atoms with Gasteiger partial charge in [-0.15, -0.1) is 0 Å². The van der Waals surface area contributed by atoms with Gasteiger partial charge in [0, 0.05) is 43.8 Å². The van der Waals surface area contributed by atoms with Gasteiger partial charge in [0.1, 0.15) is 18.2 Å². The minimum atomic E-state index is 0. The molecule has 0 spiro atoms. The minimum Gasteiger partial charge on any atom is -0.496 e. The van der Waals surface area contributed by atoms with Crippen molar-refractivity contribution in [3.63, 3.8) is 0 Å². The van der Waals surface area contributed by atoms with E-state index in [1.807, 2.05) is 6.20 Å². The quantitative estimate of drug-likeness (QED) is 0.826. The summed E-state index contributed by atoms with van der Waals surface area (Å²) in [4.78, 5) is 10.9. The molecule has 4 heterocycles. The zero-order valence-corrected chi connectivity index (χ0v) is 16.7. The second kappa shape index (κ2) is 7.18. The van der Waals surface area contributed by atoms with E-state index in [0.717, 1.165) is 57.3 Å². The Kier molecular flexibility index (Phi) is 4.35. The van der Waals surface area contributed by atoms with Crippen LogP contribution < -0.4 is 5.32 Å². The van der Waals surface area contributed by atoms with Gasteiger partial charge in [0.2, 0.25) is 0 Å². The number of morpholine rings is 1. The summed E-state index contributed by atoms with van der Waals surface area (Å²) in [6, 6.07) is 4.84. The van der Waals surface area contributed by atoms with Crippen molar-refractivity contribution in [3.05, 3.63) is 47.5 Å². The summed E-state index contributed by atoms with van der Waals surface area (Å²) >= 11 is 0. The van der Waals surface area contributed by atoms with Crippen LogP contribution in [0.3, 0.4) is 0 Å². The lowest BCUT2D eigenvalue weighted by atomic mass is 9.90. The van der Waals surface area contributed by atoms with Crippen LogP contribution in [0.2, 0.25) is 0 Å². The van der Waals surface area contributed by atoms with E-state index < -0.39 is 0 Å². The zero-order valence-electron chi connectivity index (χ0n) is 16.7. The summed E-state index contributed by atoms with van der Waals surface area (Å²) < 4.78 is 11.8. The molecule has 6 heteroatoms. The van der Waals surface area contributed by atoms with Crippen molar-refractivity contribution in [2.75, 3.05) is 38.2 Å². The van der Waals surface area contributed by atoms with Gasteiger partial charge in [-0.3, -0.25) is 4.90 Å². The van der Waals surface area contributed by atoms with Crippen molar-refractivity contribution in [1.29, 1.82) is 0 Å². The Labute approximate surface area is 172 Å². The third kappa shape index (κ3) is 3.24. The van der Waals surface area contributed by atoms with E-state index in [0.29, 0.717) is 5.92 Å². The van der Waals surface area contributed by atoms with E-state index in [1.54, 1.807) is 0 Å². The molecule has 4 aliphatic rings. The maximum atomic E-state index is 6.23. The van der Waals surface area contributed by atoms with Crippen LogP contribution in [0.5, 0.6) is 0 Å². The van der Waals surface area contributed by atoms with Gasteiger partial charge in [0.15, 0.2) is 0 Å². The van der Waals surface area contributed by atoms with Crippen LogP contribution in [0.4, 0.5) is 5.82 Å². The molecule has 0 aromatic carbocycles. The number of nitrogens with zero attached hydrogens (tertiary/aromatic N) is 2. The molecule has 0 unspecified atom stereocenters. The van der Waals surface area contributed by atoms with E-state index >= 15 is 0 Å². The highest BCUT2D eigenvalue weighted by Crippen LogP contribution is 2.41. The number of rotatable bonds is 4. The number of hydrogen-bond donors (Lipinski definition) is 2. The molecule has 2 aromatic rings. The third-order valence-electron chi connectivity index (χ3n) is 6.70. The van der Waals surface area contributed by atoms with Gasteiger partial charge in [-0.2, -0.15) is 0 Å². The Morgan fingerprint density at radius 1 is 1.24 bits per heavy atom. The first-order valence-electron chi connectivity index (χ1n) is 10.9. The molecule has 2 aromatic heterocycles. The molecule has 2 aliphatic carbocycles.